The second kappa shape index (κ2) is 5.18. The van der Waals surface area contributed by atoms with Crippen molar-refractivity contribution in [1.29, 1.82) is 5.26 Å². The molecule has 0 fully saturated rings. The Hall–Kier alpha value is -2.27. The van der Waals surface area contributed by atoms with Gasteiger partial charge in [0.1, 0.15) is 5.75 Å². The maximum absolute atomic E-state index is 9.22. The first-order valence-electron chi connectivity index (χ1n) is 5.52. The maximum atomic E-state index is 9.22. The number of hydrogen-bond acceptors (Lipinski definition) is 2. The predicted octanol–water partition coefficient (Wildman–Crippen LogP) is 3.24. The Morgan fingerprint density at radius 2 is 1.65 bits per heavy atom. The summed E-state index contributed by atoms with van der Waals surface area (Å²) in [7, 11) is 0. The molecular weight excluding hydrogens is 210 g/mol. The van der Waals surface area contributed by atoms with E-state index in [-0.39, 0.29) is 11.7 Å². The van der Waals surface area contributed by atoms with Gasteiger partial charge in [-0.05, 0) is 29.7 Å². The van der Waals surface area contributed by atoms with Gasteiger partial charge in [-0.2, -0.15) is 5.26 Å². The Morgan fingerprint density at radius 1 is 1.00 bits per heavy atom. The van der Waals surface area contributed by atoms with E-state index in [9.17, 15) is 10.4 Å². The van der Waals surface area contributed by atoms with Crippen LogP contribution in [-0.2, 0) is 6.42 Å². The van der Waals surface area contributed by atoms with Crippen molar-refractivity contribution in [3.05, 3.63) is 65.7 Å². The van der Waals surface area contributed by atoms with Gasteiger partial charge in [-0.15, -0.1) is 0 Å². The molecule has 0 spiro atoms. The number of rotatable bonds is 3. The zero-order valence-electron chi connectivity index (χ0n) is 9.38. The molecular formula is C15H13NO. The summed E-state index contributed by atoms with van der Waals surface area (Å²) in [6, 6.07) is 19.1. The molecule has 84 valence electrons. The lowest BCUT2D eigenvalue weighted by Gasteiger charge is -2.09. The van der Waals surface area contributed by atoms with Crippen molar-refractivity contribution in [3.63, 3.8) is 0 Å². The number of phenolic OH excluding ortho intramolecular Hbond substituents is 1. The third-order valence-corrected chi connectivity index (χ3v) is 2.73. The molecule has 0 radical (unpaired) electrons. The Balaban J connectivity index is 2.18. The minimum absolute atomic E-state index is 0.169. The number of benzene rings is 2. The topological polar surface area (TPSA) is 44.0 Å². The van der Waals surface area contributed by atoms with Crippen LogP contribution in [0.2, 0.25) is 0 Å². The van der Waals surface area contributed by atoms with Crippen LogP contribution in [0, 0.1) is 11.3 Å². The molecule has 2 rings (SSSR count). The van der Waals surface area contributed by atoms with Crippen LogP contribution < -0.4 is 0 Å². The average Bonchev–Trinajstić information content (AvgIpc) is 2.38. The fourth-order valence-corrected chi connectivity index (χ4v) is 1.79. The number of nitriles is 1. The van der Waals surface area contributed by atoms with Gasteiger partial charge in [0.05, 0.1) is 12.0 Å². The van der Waals surface area contributed by atoms with Crippen molar-refractivity contribution < 1.29 is 5.11 Å². The van der Waals surface area contributed by atoms with Crippen molar-refractivity contribution in [2.75, 3.05) is 0 Å². The van der Waals surface area contributed by atoms with Crippen LogP contribution in [0.3, 0.4) is 0 Å². The van der Waals surface area contributed by atoms with Gasteiger partial charge >= 0.3 is 0 Å². The highest BCUT2D eigenvalue weighted by Crippen LogP contribution is 2.22. The quantitative estimate of drug-likeness (QED) is 0.868. The second-order valence-corrected chi connectivity index (χ2v) is 3.96. The van der Waals surface area contributed by atoms with Crippen molar-refractivity contribution in [1.82, 2.24) is 0 Å². The fourth-order valence-electron chi connectivity index (χ4n) is 1.79. The average molecular weight is 223 g/mol. The van der Waals surface area contributed by atoms with Crippen molar-refractivity contribution >= 4 is 0 Å². The molecule has 1 N–H and O–H groups in total. The summed E-state index contributed by atoms with van der Waals surface area (Å²) < 4.78 is 0. The van der Waals surface area contributed by atoms with E-state index in [1.807, 2.05) is 30.3 Å². The third kappa shape index (κ3) is 2.85. The molecule has 0 saturated carbocycles. The highest BCUT2D eigenvalue weighted by atomic mass is 16.3. The van der Waals surface area contributed by atoms with E-state index in [1.165, 1.54) is 0 Å². The van der Waals surface area contributed by atoms with Crippen molar-refractivity contribution in [2.45, 2.75) is 12.3 Å². The number of aromatic hydroxyl groups is 1. The molecule has 0 aromatic heterocycles. The first-order chi connectivity index (χ1) is 8.29. The van der Waals surface area contributed by atoms with E-state index in [4.69, 9.17) is 0 Å². The summed E-state index contributed by atoms with van der Waals surface area (Å²) in [5.41, 5.74) is 2.08. The van der Waals surface area contributed by atoms with Gasteiger partial charge in [0.2, 0.25) is 0 Å². The summed E-state index contributed by atoms with van der Waals surface area (Å²) >= 11 is 0. The van der Waals surface area contributed by atoms with Gasteiger partial charge in [0.15, 0.2) is 0 Å². The monoisotopic (exact) mass is 223 g/mol. The molecule has 2 heteroatoms. The largest absolute Gasteiger partial charge is 0.508 e. The molecule has 2 nitrogen and oxygen atoms in total. The zero-order chi connectivity index (χ0) is 12.1. The molecule has 1 atom stereocenters. The first-order valence-corrected chi connectivity index (χ1v) is 5.52. The lowest BCUT2D eigenvalue weighted by molar-refractivity contribution is 0.475. The van der Waals surface area contributed by atoms with Crippen LogP contribution in [0.4, 0.5) is 0 Å². The molecule has 2 aromatic rings. The van der Waals surface area contributed by atoms with Gasteiger partial charge in [0, 0.05) is 0 Å². The van der Waals surface area contributed by atoms with Crippen LogP contribution in [-0.4, -0.2) is 5.11 Å². The van der Waals surface area contributed by atoms with Crippen molar-refractivity contribution in [3.8, 4) is 11.8 Å². The molecule has 0 bridgehead atoms. The lowest BCUT2D eigenvalue weighted by atomic mass is 9.93. The Kier molecular flexibility index (Phi) is 3.42. The normalized spacial score (nSPS) is 11.7. The van der Waals surface area contributed by atoms with Gasteiger partial charge < -0.3 is 5.11 Å². The van der Waals surface area contributed by atoms with Gasteiger partial charge in [-0.3, -0.25) is 0 Å². The Labute approximate surface area is 101 Å². The summed E-state index contributed by atoms with van der Waals surface area (Å²) in [5.74, 6) is 0.0585. The van der Waals surface area contributed by atoms with Gasteiger partial charge in [-0.1, -0.05) is 42.5 Å². The molecule has 0 aliphatic carbocycles. The van der Waals surface area contributed by atoms with E-state index in [1.54, 1.807) is 24.3 Å². The second-order valence-electron chi connectivity index (χ2n) is 3.96. The summed E-state index contributed by atoms with van der Waals surface area (Å²) in [6.07, 6.45) is 0.697. The van der Waals surface area contributed by atoms with Crippen molar-refractivity contribution in [2.24, 2.45) is 0 Å². The molecule has 17 heavy (non-hydrogen) atoms. The predicted molar refractivity (Wildman–Crippen MR) is 66.6 cm³/mol. The van der Waals surface area contributed by atoms with E-state index < -0.39 is 0 Å². The summed E-state index contributed by atoms with van der Waals surface area (Å²) in [6.45, 7) is 0. The Bertz CT molecular complexity index is 511. The van der Waals surface area contributed by atoms with Crippen LogP contribution in [0.1, 0.15) is 17.0 Å². The molecule has 2 aromatic carbocycles. The van der Waals surface area contributed by atoms with E-state index in [0.717, 1.165) is 11.1 Å². The minimum atomic E-state index is -0.169. The molecule has 0 unspecified atom stereocenters. The number of nitrogens with zero attached hydrogens (tertiary/aromatic N) is 1. The fraction of sp³-hybridized carbons (Fsp3) is 0.133. The van der Waals surface area contributed by atoms with Crippen LogP contribution in [0.15, 0.2) is 54.6 Å². The highest BCUT2D eigenvalue weighted by Gasteiger charge is 2.11. The smallest absolute Gasteiger partial charge is 0.115 e. The molecule has 0 amide bonds. The summed E-state index contributed by atoms with van der Waals surface area (Å²) in [4.78, 5) is 0. The van der Waals surface area contributed by atoms with Crippen LogP contribution in [0.25, 0.3) is 0 Å². The zero-order valence-corrected chi connectivity index (χ0v) is 9.38. The summed E-state index contributed by atoms with van der Waals surface area (Å²) in [5, 5.41) is 18.4. The van der Waals surface area contributed by atoms with Crippen LogP contribution in [0.5, 0.6) is 5.75 Å². The van der Waals surface area contributed by atoms with E-state index in [2.05, 4.69) is 6.07 Å². The molecule has 0 aliphatic heterocycles. The lowest BCUT2D eigenvalue weighted by Crippen LogP contribution is -1.99. The van der Waals surface area contributed by atoms with Gasteiger partial charge in [-0.25, -0.2) is 0 Å². The molecule has 0 heterocycles. The number of hydrogen-bond donors (Lipinski definition) is 1. The maximum Gasteiger partial charge on any atom is 0.115 e. The van der Waals surface area contributed by atoms with Gasteiger partial charge in [0.25, 0.3) is 0 Å². The Morgan fingerprint density at radius 3 is 2.24 bits per heavy atom. The third-order valence-electron chi connectivity index (χ3n) is 2.73. The minimum Gasteiger partial charge on any atom is -0.508 e. The standard InChI is InChI=1S/C15H13NO/c16-11-14(10-12-4-2-1-3-5-12)13-6-8-15(17)9-7-13/h1-9,14,17H,10H2/t14-/m1/s1. The van der Waals surface area contributed by atoms with E-state index in [0.29, 0.717) is 6.42 Å². The molecule has 0 aliphatic rings. The molecule has 0 saturated heterocycles. The number of phenols is 1. The SMILES string of the molecule is N#C[C@@H](Cc1ccccc1)c1ccc(O)cc1. The van der Waals surface area contributed by atoms with Crippen LogP contribution >= 0.6 is 0 Å². The highest BCUT2D eigenvalue weighted by molar-refractivity contribution is 5.33. The first kappa shape index (κ1) is 11.2. The van der Waals surface area contributed by atoms with E-state index >= 15 is 0 Å².